The molecule has 0 amide bonds. The van der Waals surface area contributed by atoms with Crippen molar-refractivity contribution in [3.05, 3.63) is 45.8 Å². The smallest absolute Gasteiger partial charge is 0.272 e. The average molecular weight is 219 g/mol. The molecule has 0 aliphatic rings. The van der Waals surface area contributed by atoms with Gasteiger partial charge in [-0.05, 0) is 18.2 Å². The molecule has 4 heteroatoms. The molecule has 0 saturated heterocycles. The van der Waals surface area contributed by atoms with Crippen LogP contribution in [0.2, 0.25) is 5.02 Å². The van der Waals surface area contributed by atoms with Crippen LogP contribution in [0, 0.1) is 0 Å². The molecule has 2 heterocycles. The van der Waals surface area contributed by atoms with Crippen molar-refractivity contribution in [2.24, 2.45) is 0 Å². The van der Waals surface area contributed by atoms with E-state index in [1.165, 1.54) is 0 Å². The van der Waals surface area contributed by atoms with E-state index >= 15 is 0 Å². The van der Waals surface area contributed by atoms with Crippen LogP contribution in [-0.2, 0) is 0 Å². The van der Waals surface area contributed by atoms with Crippen molar-refractivity contribution < 1.29 is 0 Å². The Balaban J connectivity index is 2.71. The van der Waals surface area contributed by atoms with Crippen LogP contribution in [0.3, 0.4) is 0 Å². The molecule has 3 aromatic rings. The maximum atomic E-state index is 11.5. The second kappa shape index (κ2) is 2.87. The molecule has 0 unspecified atom stereocenters. The minimum absolute atomic E-state index is 0.125. The van der Waals surface area contributed by atoms with E-state index in [-0.39, 0.29) is 5.56 Å². The summed E-state index contributed by atoms with van der Waals surface area (Å²) in [5.41, 5.74) is 1.33. The predicted octanol–water partition coefficient (Wildman–Crippen LogP) is 2.66. The van der Waals surface area contributed by atoms with E-state index in [2.05, 4.69) is 9.97 Å². The molecule has 3 rings (SSSR count). The molecular weight excluding hydrogens is 212 g/mol. The zero-order valence-electron chi connectivity index (χ0n) is 7.67. The number of H-pyrrole nitrogens is 2. The number of aromatic nitrogens is 2. The second-order valence-corrected chi connectivity index (χ2v) is 3.79. The lowest BCUT2D eigenvalue weighted by molar-refractivity contribution is 1.26. The Labute approximate surface area is 89.7 Å². The monoisotopic (exact) mass is 218 g/mol. The molecule has 0 bridgehead atoms. The minimum atomic E-state index is -0.125. The molecule has 1 aromatic carbocycles. The Bertz CT molecular complexity index is 711. The van der Waals surface area contributed by atoms with E-state index < -0.39 is 0 Å². The van der Waals surface area contributed by atoms with Crippen LogP contribution in [0.15, 0.2) is 35.3 Å². The number of benzene rings is 1. The number of hydrogen-bond donors (Lipinski definition) is 2. The van der Waals surface area contributed by atoms with Gasteiger partial charge in [-0.1, -0.05) is 17.7 Å². The highest BCUT2D eigenvalue weighted by atomic mass is 35.5. The topological polar surface area (TPSA) is 48.6 Å². The molecule has 0 aliphatic carbocycles. The van der Waals surface area contributed by atoms with Gasteiger partial charge in [-0.15, -0.1) is 0 Å². The second-order valence-electron chi connectivity index (χ2n) is 3.38. The van der Waals surface area contributed by atoms with Crippen LogP contribution in [-0.4, -0.2) is 9.97 Å². The Morgan fingerprint density at radius 1 is 1.20 bits per heavy atom. The minimum Gasteiger partial charge on any atom is -0.350 e. The van der Waals surface area contributed by atoms with E-state index in [9.17, 15) is 4.79 Å². The van der Waals surface area contributed by atoms with Gasteiger partial charge in [0.15, 0.2) is 0 Å². The van der Waals surface area contributed by atoms with Gasteiger partial charge in [0, 0.05) is 22.5 Å². The third-order valence-electron chi connectivity index (χ3n) is 2.50. The molecule has 0 saturated carbocycles. The fraction of sp³-hybridized carbons (Fsp3) is 0. The highest BCUT2D eigenvalue weighted by Gasteiger charge is 2.08. The fourth-order valence-electron chi connectivity index (χ4n) is 1.85. The summed E-state index contributed by atoms with van der Waals surface area (Å²) < 4.78 is 0. The van der Waals surface area contributed by atoms with Crippen LogP contribution in [0.1, 0.15) is 0 Å². The molecule has 0 radical (unpaired) electrons. The molecule has 0 atom stereocenters. The molecular formula is C11H7ClN2O. The average Bonchev–Trinajstić information content (AvgIpc) is 2.59. The van der Waals surface area contributed by atoms with Crippen molar-refractivity contribution in [1.29, 1.82) is 0 Å². The van der Waals surface area contributed by atoms with Crippen molar-refractivity contribution in [3.8, 4) is 0 Å². The molecule has 0 spiro atoms. The zero-order valence-corrected chi connectivity index (χ0v) is 8.43. The summed E-state index contributed by atoms with van der Waals surface area (Å²) in [5.74, 6) is 0. The number of nitrogens with one attached hydrogen (secondary N) is 2. The number of fused-ring (bicyclic) bond motifs is 3. The largest absolute Gasteiger partial charge is 0.350 e. The number of pyridine rings is 1. The van der Waals surface area contributed by atoms with Crippen LogP contribution < -0.4 is 5.56 Å². The van der Waals surface area contributed by atoms with Crippen LogP contribution in [0.4, 0.5) is 0 Å². The van der Waals surface area contributed by atoms with Crippen molar-refractivity contribution >= 4 is 33.4 Å². The van der Waals surface area contributed by atoms with Crippen molar-refractivity contribution in [3.63, 3.8) is 0 Å². The standard InChI is InChI=1S/C11H7ClN2O/c12-7-2-1-3-8-9(7)6-4-5-13-11(15)10(6)14-8/h1-5,14H,(H,13,15). The summed E-state index contributed by atoms with van der Waals surface area (Å²) in [7, 11) is 0. The lowest BCUT2D eigenvalue weighted by Gasteiger charge is -1.92. The summed E-state index contributed by atoms with van der Waals surface area (Å²) in [5, 5.41) is 2.42. The first kappa shape index (κ1) is 8.56. The number of halogens is 1. The molecule has 15 heavy (non-hydrogen) atoms. The van der Waals surface area contributed by atoms with E-state index in [1.54, 1.807) is 6.20 Å². The maximum Gasteiger partial charge on any atom is 0.272 e. The molecule has 0 fully saturated rings. The summed E-state index contributed by atoms with van der Waals surface area (Å²) in [6, 6.07) is 7.43. The van der Waals surface area contributed by atoms with Gasteiger partial charge in [-0.3, -0.25) is 4.79 Å². The third kappa shape index (κ3) is 1.10. The van der Waals surface area contributed by atoms with Gasteiger partial charge in [0.05, 0.1) is 5.02 Å². The highest BCUT2D eigenvalue weighted by molar-refractivity contribution is 6.37. The molecule has 2 N–H and O–H groups in total. The maximum absolute atomic E-state index is 11.5. The molecule has 2 aromatic heterocycles. The van der Waals surface area contributed by atoms with E-state index in [0.29, 0.717) is 10.5 Å². The summed E-state index contributed by atoms with van der Waals surface area (Å²) >= 11 is 6.10. The van der Waals surface area contributed by atoms with Gasteiger partial charge in [-0.25, -0.2) is 0 Å². The van der Waals surface area contributed by atoms with Crippen LogP contribution in [0.5, 0.6) is 0 Å². The highest BCUT2D eigenvalue weighted by Crippen LogP contribution is 2.29. The fourth-order valence-corrected chi connectivity index (χ4v) is 2.12. The zero-order chi connectivity index (χ0) is 10.4. The Morgan fingerprint density at radius 2 is 2.07 bits per heavy atom. The molecule has 3 nitrogen and oxygen atoms in total. The quantitative estimate of drug-likeness (QED) is 0.599. The van der Waals surface area contributed by atoms with E-state index in [4.69, 9.17) is 11.6 Å². The van der Waals surface area contributed by atoms with Crippen molar-refractivity contribution in [2.75, 3.05) is 0 Å². The van der Waals surface area contributed by atoms with Gasteiger partial charge in [0.2, 0.25) is 0 Å². The van der Waals surface area contributed by atoms with Gasteiger partial charge < -0.3 is 9.97 Å². The SMILES string of the molecule is O=c1[nH]ccc2c1[nH]c1cccc(Cl)c12. The summed E-state index contributed by atoms with van der Waals surface area (Å²) in [4.78, 5) is 17.2. The normalized spacial score (nSPS) is 11.3. The number of aromatic amines is 2. The van der Waals surface area contributed by atoms with Gasteiger partial charge in [0.1, 0.15) is 5.52 Å². The molecule has 74 valence electrons. The lowest BCUT2D eigenvalue weighted by Crippen LogP contribution is -2.03. The first-order valence-electron chi connectivity index (χ1n) is 4.55. The number of hydrogen-bond acceptors (Lipinski definition) is 1. The van der Waals surface area contributed by atoms with E-state index in [0.717, 1.165) is 16.3 Å². The third-order valence-corrected chi connectivity index (χ3v) is 2.82. The van der Waals surface area contributed by atoms with Crippen molar-refractivity contribution in [1.82, 2.24) is 9.97 Å². The Morgan fingerprint density at radius 3 is 2.93 bits per heavy atom. The first-order chi connectivity index (χ1) is 7.27. The molecule has 0 aliphatic heterocycles. The van der Waals surface area contributed by atoms with Gasteiger partial charge in [0.25, 0.3) is 5.56 Å². The predicted molar refractivity (Wildman–Crippen MR) is 61.4 cm³/mol. The van der Waals surface area contributed by atoms with Gasteiger partial charge in [-0.2, -0.15) is 0 Å². The Kier molecular flexibility index (Phi) is 1.64. The Hall–Kier alpha value is -1.74. The number of rotatable bonds is 0. The summed E-state index contributed by atoms with van der Waals surface area (Å²) in [6.07, 6.45) is 1.63. The first-order valence-corrected chi connectivity index (χ1v) is 4.93. The van der Waals surface area contributed by atoms with Crippen LogP contribution >= 0.6 is 11.6 Å². The lowest BCUT2D eigenvalue weighted by atomic mass is 10.2. The van der Waals surface area contributed by atoms with Crippen molar-refractivity contribution in [2.45, 2.75) is 0 Å². The van der Waals surface area contributed by atoms with E-state index in [1.807, 2.05) is 24.3 Å². The summed E-state index contributed by atoms with van der Waals surface area (Å²) in [6.45, 7) is 0. The van der Waals surface area contributed by atoms with Crippen LogP contribution in [0.25, 0.3) is 21.8 Å². The van der Waals surface area contributed by atoms with Gasteiger partial charge >= 0.3 is 0 Å².